The van der Waals surface area contributed by atoms with Crippen LogP contribution in [0, 0.1) is 0 Å². The maximum absolute atomic E-state index is 12.7. The van der Waals surface area contributed by atoms with Crippen LogP contribution in [-0.2, 0) is 16.1 Å². The fourth-order valence-corrected chi connectivity index (χ4v) is 3.70. The minimum Gasteiger partial charge on any atom is -0.496 e. The number of nitrogens with zero attached hydrogens (tertiary/aromatic N) is 1. The van der Waals surface area contributed by atoms with Crippen LogP contribution < -0.4 is 14.8 Å². The summed E-state index contributed by atoms with van der Waals surface area (Å²) in [4.78, 5) is 14.3. The SMILES string of the molecule is COCCCN1C(=O)/C(=C\c2ccc(OC)c(COc3ccc(C(C)C)cc3)c2)NC1=S. The molecule has 0 spiro atoms. The van der Waals surface area contributed by atoms with E-state index in [1.807, 2.05) is 30.3 Å². The van der Waals surface area contributed by atoms with Crippen molar-refractivity contribution in [1.82, 2.24) is 10.2 Å². The van der Waals surface area contributed by atoms with Crippen LogP contribution in [0.15, 0.2) is 48.2 Å². The summed E-state index contributed by atoms with van der Waals surface area (Å²) < 4.78 is 16.5. The molecule has 2 aromatic carbocycles. The molecule has 1 heterocycles. The predicted octanol–water partition coefficient (Wildman–Crippen LogP) is 4.49. The number of carbonyl (C=O) groups excluding carboxylic acids is 1. The van der Waals surface area contributed by atoms with E-state index in [2.05, 4.69) is 31.3 Å². The quantitative estimate of drug-likeness (QED) is 0.324. The molecule has 1 aliphatic heterocycles. The Labute approximate surface area is 195 Å². The van der Waals surface area contributed by atoms with Crippen LogP contribution in [-0.4, -0.2) is 43.3 Å². The fraction of sp³-hybridized carbons (Fsp3) is 0.360. The van der Waals surface area contributed by atoms with E-state index in [1.165, 1.54) is 5.56 Å². The molecule has 2 aromatic rings. The first-order chi connectivity index (χ1) is 15.4. The first-order valence-corrected chi connectivity index (χ1v) is 11.1. The molecule has 0 radical (unpaired) electrons. The van der Waals surface area contributed by atoms with Crippen LogP contribution in [0.5, 0.6) is 11.5 Å². The number of ether oxygens (including phenoxy) is 3. The summed E-state index contributed by atoms with van der Waals surface area (Å²) in [6.45, 7) is 5.77. The van der Waals surface area contributed by atoms with Crippen molar-refractivity contribution >= 4 is 29.3 Å². The Morgan fingerprint density at radius 3 is 2.53 bits per heavy atom. The lowest BCUT2D eigenvalue weighted by atomic mass is 10.0. The average Bonchev–Trinajstić information content (AvgIpc) is 3.05. The van der Waals surface area contributed by atoms with Gasteiger partial charge in [0, 0.05) is 25.8 Å². The zero-order valence-electron chi connectivity index (χ0n) is 19.0. The lowest BCUT2D eigenvalue weighted by Gasteiger charge is -2.13. The number of thiocarbonyl (C=S) groups is 1. The van der Waals surface area contributed by atoms with Crippen LogP contribution in [0.4, 0.5) is 0 Å². The molecular weight excluding hydrogens is 424 g/mol. The first kappa shape index (κ1) is 23.8. The molecule has 170 valence electrons. The molecule has 0 saturated carbocycles. The maximum atomic E-state index is 12.7. The molecule has 1 saturated heterocycles. The van der Waals surface area contributed by atoms with Crippen molar-refractivity contribution in [2.45, 2.75) is 32.8 Å². The van der Waals surface area contributed by atoms with E-state index in [9.17, 15) is 4.79 Å². The van der Waals surface area contributed by atoms with E-state index in [4.69, 9.17) is 26.4 Å². The molecule has 0 aliphatic carbocycles. The lowest BCUT2D eigenvalue weighted by molar-refractivity contribution is -0.122. The van der Waals surface area contributed by atoms with Gasteiger partial charge in [-0.1, -0.05) is 32.0 Å². The predicted molar refractivity (Wildman–Crippen MR) is 130 cm³/mol. The zero-order valence-corrected chi connectivity index (χ0v) is 19.8. The number of hydrogen-bond donors (Lipinski definition) is 1. The summed E-state index contributed by atoms with van der Waals surface area (Å²) >= 11 is 5.32. The summed E-state index contributed by atoms with van der Waals surface area (Å²) in [7, 11) is 3.27. The second kappa shape index (κ2) is 11.1. The standard InChI is InChI=1S/C25H30N2O4S/c1-17(2)19-7-9-21(10-8-19)31-16-20-14-18(6-11-23(20)30-4)15-22-24(28)27(25(32)26-22)12-5-13-29-3/h6-11,14-15,17H,5,12-13,16H2,1-4H3,(H,26,32)/b22-15+. The first-order valence-electron chi connectivity index (χ1n) is 10.7. The van der Waals surface area contributed by atoms with Crippen molar-refractivity contribution in [3.05, 3.63) is 64.9 Å². The average molecular weight is 455 g/mol. The van der Waals surface area contributed by atoms with E-state index in [1.54, 1.807) is 25.2 Å². The van der Waals surface area contributed by atoms with Gasteiger partial charge >= 0.3 is 0 Å². The second-order valence-electron chi connectivity index (χ2n) is 7.88. The topological polar surface area (TPSA) is 60.0 Å². The third kappa shape index (κ3) is 5.87. The largest absolute Gasteiger partial charge is 0.496 e. The molecule has 1 aliphatic rings. The van der Waals surface area contributed by atoms with Gasteiger partial charge in [-0.05, 0) is 66.0 Å². The van der Waals surface area contributed by atoms with Gasteiger partial charge in [-0.15, -0.1) is 0 Å². The van der Waals surface area contributed by atoms with Crippen LogP contribution in [0.25, 0.3) is 6.08 Å². The van der Waals surface area contributed by atoms with E-state index in [0.29, 0.717) is 36.5 Å². The normalized spacial score (nSPS) is 14.9. The molecule has 1 N–H and O–H groups in total. The molecule has 6 nitrogen and oxygen atoms in total. The van der Waals surface area contributed by atoms with Crippen molar-refractivity contribution in [1.29, 1.82) is 0 Å². The molecule has 0 bridgehead atoms. The minimum atomic E-state index is -0.134. The molecule has 3 rings (SSSR count). The summed E-state index contributed by atoms with van der Waals surface area (Å²) in [5, 5.41) is 3.43. The van der Waals surface area contributed by atoms with Gasteiger partial charge in [0.05, 0.1) is 7.11 Å². The monoisotopic (exact) mass is 454 g/mol. The summed E-state index contributed by atoms with van der Waals surface area (Å²) in [5.41, 5.74) is 3.47. The number of hydrogen-bond acceptors (Lipinski definition) is 5. The third-order valence-electron chi connectivity index (χ3n) is 5.25. The van der Waals surface area contributed by atoms with Gasteiger partial charge in [-0.25, -0.2) is 0 Å². The highest BCUT2D eigenvalue weighted by Gasteiger charge is 2.30. The van der Waals surface area contributed by atoms with Crippen LogP contribution in [0.3, 0.4) is 0 Å². The molecule has 0 atom stereocenters. The van der Waals surface area contributed by atoms with Crippen molar-refractivity contribution in [3.8, 4) is 11.5 Å². The lowest BCUT2D eigenvalue weighted by Crippen LogP contribution is -2.32. The van der Waals surface area contributed by atoms with Gasteiger partial charge in [0.15, 0.2) is 5.11 Å². The van der Waals surface area contributed by atoms with Gasteiger partial charge in [-0.3, -0.25) is 9.69 Å². The van der Waals surface area contributed by atoms with Gasteiger partial charge in [-0.2, -0.15) is 0 Å². The Bertz CT molecular complexity index is 986. The van der Waals surface area contributed by atoms with Crippen LogP contribution >= 0.6 is 12.2 Å². The highest BCUT2D eigenvalue weighted by Crippen LogP contribution is 2.25. The van der Waals surface area contributed by atoms with Gasteiger partial charge in [0.2, 0.25) is 0 Å². The van der Waals surface area contributed by atoms with Crippen molar-refractivity contribution < 1.29 is 19.0 Å². The molecule has 32 heavy (non-hydrogen) atoms. The second-order valence-corrected chi connectivity index (χ2v) is 8.26. The number of amides is 1. The van der Waals surface area contributed by atoms with Crippen LogP contribution in [0.2, 0.25) is 0 Å². The molecular formula is C25H30N2O4S. The van der Waals surface area contributed by atoms with Crippen LogP contribution in [0.1, 0.15) is 42.9 Å². The van der Waals surface area contributed by atoms with E-state index in [-0.39, 0.29) is 5.91 Å². The van der Waals surface area contributed by atoms with Gasteiger partial charge < -0.3 is 19.5 Å². The Kier molecular flexibility index (Phi) is 8.25. The van der Waals surface area contributed by atoms with E-state index in [0.717, 1.165) is 29.0 Å². The number of methoxy groups -OCH3 is 2. The minimum absolute atomic E-state index is 0.134. The summed E-state index contributed by atoms with van der Waals surface area (Å²) in [6, 6.07) is 13.9. The van der Waals surface area contributed by atoms with Crippen molar-refractivity contribution in [2.24, 2.45) is 0 Å². The number of benzene rings is 2. The van der Waals surface area contributed by atoms with E-state index < -0.39 is 0 Å². The van der Waals surface area contributed by atoms with Crippen molar-refractivity contribution in [2.75, 3.05) is 27.4 Å². The maximum Gasteiger partial charge on any atom is 0.276 e. The fourth-order valence-electron chi connectivity index (χ4n) is 3.42. The summed E-state index contributed by atoms with van der Waals surface area (Å²) in [5.74, 6) is 1.87. The third-order valence-corrected chi connectivity index (χ3v) is 5.57. The Morgan fingerprint density at radius 2 is 1.88 bits per heavy atom. The number of rotatable bonds is 10. The Morgan fingerprint density at radius 1 is 1.12 bits per heavy atom. The van der Waals surface area contributed by atoms with Gasteiger partial charge in [0.1, 0.15) is 23.8 Å². The molecule has 1 fully saturated rings. The number of carbonyl (C=O) groups is 1. The summed E-state index contributed by atoms with van der Waals surface area (Å²) in [6.07, 6.45) is 2.52. The highest BCUT2D eigenvalue weighted by molar-refractivity contribution is 7.80. The Balaban J connectivity index is 1.73. The highest BCUT2D eigenvalue weighted by atomic mass is 32.1. The molecule has 0 unspecified atom stereocenters. The van der Waals surface area contributed by atoms with Gasteiger partial charge in [0.25, 0.3) is 5.91 Å². The molecule has 1 amide bonds. The molecule has 7 heteroatoms. The van der Waals surface area contributed by atoms with Crippen molar-refractivity contribution in [3.63, 3.8) is 0 Å². The van der Waals surface area contributed by atoms with E-state index >= 15 is 0 Å². The smallest absolute Gasteiger partial charge is 0.276 e. The Hall–Kier alpha value is -2.90. The zero-order chi connectivity index (χ0) is 23.1. The number of nitrogens with one attached hydrogen (secondary N) is 1. The molecule has 0 aromatic heterocycles.